The Morgan fingerprint density at radius 1 is 1.00 bits per heavy atom. The van der Waals surface area contributed by atoms with Crippen LogP contribution in [0.4, 0.5) is 5.69 Å². The van der Waals surface area contributed by atoms with Crippen molar-refractivity contribution in [3.8, 4) is 0 Å². The van der Waals surface area contributed by atoms with Crippen LogP contribution in [0.3, 0.4) is 0 Å². The van der Waals surface area contributed by atoms with Crippen molar-refractivity contribution in [2.24, 2.45) is 5.92 Å². The molecular weight excluding hydrogens is 298 g/mol. The molecule has 23 heavy (non-hydrogen) atoms. The molecule has 0 aliphatic carbocycles. The van der Waals surface area contributed by atoms with Crippen molar-refractivity contribution >= 4 is 19.7 Å². The van der Waals surface area contributed by atoms with E-state index in [2.05, 4.69) is 38.8 Å². The van der Waals surface area contributed by atoms with E-state index in [4.69, 9.17) is 0 Å². The van der Waals surface area contributed by atoms with Crippen LogP contribution in [0.1, 0.15) is 52.4 Å². The van der Waals surface area contributed by atoms with E-state index in [0.29, 0.717) is 5.92 Å². The van der Waals surface area contributed by atoms with Gasteiger partial charge in [0.15, 0.2) is 0 Å². The van der Waals surface area contributed by atoms with Gasteiger partial charge >= 0.3 is 0 Å². The predicted molar refractivity (Wildman–Crippen MR) is 105 cm³/mol. The summed E-state index contributed by atoms with van der Waals surface area (Å²) in [5, 5.41) is 3.18. The SMILES string of the molecule is CCCCC(CCCC)C(C(=O)Nc1ccccc1)[Si](C)(C)C. The molecule has 0 fully saturated rings. The summed E-state index contributed by atoms with van der Waals surface area (Å²) < 4.78 is 0. The van der Waals surface area contributed by atoms with E-state index in [1.165, 1.54) is 38.5 Å². The first kappa shape index (κ1) is 20.0. The van der Waals surface area contributed by atoms with E-state index >= 15 is 0 Å². The number of nitrogens with one attached hydrogen (secondary N) is 1. The average Bonchev–Trinajstić information content (AvgIpc) is 2.49. The molecule has 1 N–H and O–H groups in total. The molecule has 1 atom stereocenters. The van der Waals surface area contributed by atoms with Crippen LogP contribution in [0.5, 0.6) is 0 Å². The fraction of sp³-hybridized carbons (Fsp3) is 0.650. The maximum Gasteiger partial charge on any atom is 0.225 e. The maximum atomic E-state index is 13.1. The Hall–Kier alpha value is -1.09. The van der Waals surface area contributed by atoms with E-state index in [1.54, 1.807) is 0 Å². The zero-order valence-electron chi connectivity index (χ0n) is 15.7. The van der Waals surface area contributed by atoms with E-state index < -0.39 is 8.07 Å². The van der Waals surface area contributed by atoms with Crippen molar-refractivity contribution < 1.29 is 4.79 Å². The highest BCUT2D eigenvalue weighted by atomic mass is 28.3. The van der Waals surface area contributed by atoms with Crippen molar-refractivity contribution in [2.75, 3.05) is 5.32 Å². The van der Waals surface area contributed by atoms with Gasteiger partial charge in [0.25, 0.3) is 0 Å². The van der Waals surface area contributed by atoms with Gasteiger partial charge in [0, 0.05) is 11.2 Å². The molecule has 0 aliphatic heterocycles. The summed E-state index contributed by atoms with van der Waals surface area (Å²) in [7, 11) is -1.58. The Labute approximate surface area is 144 Å². The molecule has 0 aromatic heterocycles. The fourth-order valence-corrected chi connectivity index (χ4v) is 6.07. The lowest BCUT2D eigenvalue weighted by Crippen LogP contribution is -2.41. The first-order valence-corrected chi connectivity index (χ1v) is 12.8. The highest BCUT2D eigenvalue weighted by molar-refractivity contribution is 6.80. The molecule has 0 saturated heterocycles. The molecule has 0 aliphatic rings. The second-order valence-corrected chi connectivity index (χ2v) is 13.1. The minimum atomic E-state index is -1.58. The number of carbonyl (C=O) groups is 1. The van der Waals surface area contributed by atoms with Crippen molar-refractivity contribution in [3.05, 3.63) is 30.3 Å². The summed E-state index contributed by atoms with van der Waals surface area (Å²) in [6.07, 6.45) is 7.26. The molecule has 0 saturated carbocycles. The highest BCUT2D eigenvalue weighted by Crippen LogP contribution is 2.37. The third-order valence-electron chi connectivity index (χ3n) is 4.59. The van der Waals surface area contributed by atoms with Crippen LogP contribution < -0.4 is 5.32 Å². The summed E-state index contributed by atoms with van der Waals surface area (Å²) in [4.78, 5) is 13.1. The third-order valence-corrected chi connectivity index (χ3v) is 7.18. The van der Waals surface area contributed by atoms with E-state index in [0.717, 1.165) is 5.69 Å². The molecule has 2 nitrogen and oxygen atoms in total. The molecule has 1 rings (SSSR count). The predicted octanol–water partition coefficient (Wildman–Crippen LogP) is 6.33. The standard InChI is InChI=1S/C20H35NOSi/c1-6-8-13-17(14-9-7-2)19(23(3,4)5)20(22)21-18-15-11-10-12-16-18/h10-12,15-17,19H,6-9,13-14H2,1-5H3,(H,21,22). The fourth-order valence-electron chi connectivity index (χ4n) is 3.47. The molecular formula is C20H35NOSi. The minimum Gasteiger partial charge on any atom is -0.326 e. The largest absolute Gasteiger partial charge is 0.326 e. The lowest BCUT2D eigenvalue weighted by molar-refractivity contribution is -0.117. The highest BCUT2D eigenvalue weighted by Gasteiger charge is 2.38. The normalized spacial score (nSPS) is 13.1. The van der Waals surface area contributed by atoms with Crippen molar-refractivity contribution in [2.45, 2.75) is 77.6 Å². The lowest BCUT2D eigenvalue weighted by atomic mass is 9.92. The van der Waals surface area contributed by atoms with Crippen LogP contribution in [-0.2, 0) is 4.79 Å². The van der Waals surface area contributed by atoms with Gasteiger partial charge in [0.1, 0.15) is 0 Å². The molecule has 3 heteroatoms. The lowest BCUT2D eigenvalue weighted by Gasteiger charge is -2.35. The summed E-state index contributed by atoms with van der Waals surface area (Å²) in [6.45, 7) is 11.5. The van der Waals surface area contributed by atoms with Crippen LogP contribution in [0, 0.1) is 5.92 Å². The van der Waals surface area contributed by atoms with Gasteiger partial charge < -0.3 is 5.32 Å². The summed E-state index contributed by atoms with van der Waals surface area (Å²) in [5.74, 6) is 0.776. The van der Waals surface area contributed by atoms with E-state index in [-0.39, 0.29) is 11.4 Å². The number of hydrogen-bond donors (Lipinski definition) is 1. The van der Waals surface area contributed by atoms with Crippen LogP contribution in [-0.4, -0.2) is 14.0 Å². The molecule has 1 aromatic rings. The smallest absolute Gasteiger partial charge is 0.225 e. The Morgan fingerprint density at radius 2 is 1.52 bits per heavy atom. The number of amides is 1. The summed E-state index contributed by atoms with van der Waals surface area (Å²) >= 11 is 0. The Bertz CT molecular complexity index is 444. The number of benzene rings is 1. The van der Waals surface area contributed by atoms with Crippen molar-refractivity contribution in [3.63, 3.8) is 0 Å². The second kappa shape index (κ2) is 9.92. The summed E-state index contributed by atoms with van der Waals surface area (Å²) in [6, 6.07) is 9.89. The van der Waals surface area contributed by atoms with Gasteiger partial charge in [-0.1, -0.05) is 77.4 Å². The third kappa shape index (κ3) is 6.90. The van der Waals surface area contributed by atoms with Gasteiger partial charge in [-0.05, 0) is 30.9 Å². The molecule has 0 radical (unpaired) electrons. The number of carbonyl (C=O) groups excluding carboxylic acids is 1. The van der Waals surface area contributed by atoms with Gasteiger partial charge in [-0.2, -0.15) is 0 Å². The number of para-hydroxylation sites is 1. The van der Waals surface area contributed by atoms with E-state index in [1.807, 2.05) is 30.3 Å². The van der Waals surface area contributed by atoms with Gasteiger partial charge in [0.05, 0.1) is 8.07 Å². The van der Waals surface area contributed by atoms with Gasteiger partial charge in [-0.25, -0.2) is 0 Å². The van der Waals surface area contributed by atoms with Gasteiger partial charge in [0.2, 0.25) is 5.91 Å². The quantitative estimate of drug-likeness (QED) is 0.498. The Kier molecular flexibility index (Phi) is 8.60. The van der Waals surface area contributed by atoms with Crippen molar-refractivity contribution in [1.82, 2.24) is 0 Å². The van der Waals surface area contributed by atoms with Gasteiger partial charge in [-0.15, -0.1) is 0 Å². The zero-order chi connectivity index (χ0) is 17.3. The minimum absolute atomic E-state index is 0.195. The van der Waals surface area contributed by atoms with E-state index in [9.17, 15) is 4.79 Å². The first-order chi connectivity index (χ1) is 10.9. The summed E-state index contributed by atoms with van der Waals surface area (Å²) in [5.41, 5.74) is 1.12. The monoisotopic (exact) mass is 333 g/mol. The first-order valence-electron chi connectivity index (χ1n) is 9.26. The molecule has 1 amide bonds. The Morgan fingerprint density at radius 3 is 1.96 bits per heavy atom. The number of rotatable bonds is 10. The van der Waals surface area contributed by atoms with Crippen molar-refractivity contribution in [1.29, 1.82) is 0 Å². The second-order valence-electron chi connectivity index (χ2n) is 7.74. The number of unbranched alkanes of at least 4 members (excludes halogenated alkanes) is 2. The molecule has 130 valence electrons. The van der Waals surface area contributed by atoms with Crippen LogP contribution in [0.25, 0.3) is 0 Å². The molecule has 0 bridgehead atoms. The number of anilines is 1. The zero-order valence-corrected chi connectivity index (χ0v) is 16.7. The average molecular weight is 334 g/mol. The molecule has 1 unspecified atom stereocenters. The molecule has 1 aromatic carbocycles. The molecule has 0 heterocycles. The topological polar surface area (TPSA) is 29.1 Å². The van der Waals surface area contributed by atoms with Crippen LogP contribution >= 0.6 is 0 Å². The maximum absolute atomic E-state index is 13.1. The van der Waals surface area contributed by atoms with Crippen LogP contribution in [0.2, 0.25) is 25.2 Å². The van der Waals surface area contributed by atoms with Gasteiger partial charge in [-0.3, -0.25) is 4.79 Å². The Balaban J connectivity index is 2.92. The molecule has 0 spiro atoms. The van der Waals surface area contributed by atoms with Crippen LogP contribution in [0.15, 0.2) is 30.3 Å². The number of hydrogen-bond acceptors (Lipinski definition) is 1.